The van der Waals surface area contributed by atoms with Gasteiger partial charge in [-0.3, -0.25) is 0 Å². The summed E-state index contributed by atoms with van der Waals surface area (Å²) in [4.78, 5) is 2.86. The summed E-state index contributed by atoms with van der Waals surface area (Å²) in [5.41, 5.74) is 0.830. The van der Waals surface area contributed by atoms with Crippen molar-refractivity contribution in [3.05, 3.63) is 22.4 Å². The molecule has 0 atom stereocenters. The highest BCUT2D eigenvalue weighted by molar-refractivity contribution is 9.10. The van der Waals surface area contributed by atoms with Gasteiger partial charge in [-0.1, -0.05) is 0 Å². The number of aliphatic hydroxyl groups excluding tert-OH is 1. The molecule has 1 aromatic heterocycles. The Morgan fingerprint density at radius 1 is 1.75 bits per heavy atom. The maximum absolute atomic E-state index is 8.50. The summed E-state index contributed by atoms with van der Waals surface area (Å²) in [7, 11) is 0. The summed E-state index contributed by atoms with van der Waals surface area (Å²) in [5, 5.41) is 8.50. The number of nitrogens with one attached hydrogen (secondary N) is 1. The molecule has 8 heavy (non-hydrogen) atoms. The molecule has 0 aliphatic heterocycles. The van der Waals surface area contributed by atoms with Crippen molar-refractivity contribution < 1.29 is 5.11 Å². The van der Waals surface area contributed by atoms with Gasteiger partial charge in [-0.25, -0.2) is 0 Å². The number of halogens is 1. The zero-order valence-corrected chi connectivity index (χ0v) is 5.77. The third kappa shape index (κ3) is 1.11. The van der Waals surface area contributed by atoms with Crippen LogP contribution in [0.25, 0.3) is 0 Å². The molecular formula is C5H6BrNO. The van der Waals surface area contributed by atoms with E-state index in [1.165, 1.54) is 0 Å². The van der Waals surface area contributed by atoms with Gasteiger partial charge in [-0.15, -0.1) is 0 Å². The molecule has 44 valence electrons. The molecule has 1 heterocycles. The number of rotatable bonds is 1. The molecule has 1 aromatic rings. The fourth-order valence-corrected chi connectivity index (χ4v) is 0.893. The minimum Gasteiger partial charge on any atom is -0.390 e. The fraction of sp³-hybridized carbons (Fsp3) is 0.200. The van der Waals surface area contributed by atoms with Gasteiger partial charge < -0.3 is 10.1 Å². The van der Waals surface area contributed by atoms with Crippen LogP contribution in [-0.2, 0) is 6.61 Å². The summed E-state index contributed by atoms with van der Waals surface area (Å²) in [6, 6.07) is 1.83. The zero-order chi connectivity index (χ0) is 5.98. The van der Waals surface area contributed by atoms with E-state index in [0.29, 0.717) is 0 Å². The molecule has 0 radical (unpaired) electrons. The Labute approximate surface area is 55.7 Å². The molecule has 0 saturated heterocycles. The van der Waals surface area contributed by atoms with E-state index < -0.39 is 0 Å². The van der Waals surface area contributed by atoms with Gasteiger partial charge in [0.1, 0.15) is 0 Å². The van der Waals surface area contributed by atoms with E-state index in [1.54, 1.807) is 6.20 Å². The van der Waals surface area contributed by atoms with Crippen molar-refractivity contribution in [3.63, 3.8) is 0 Å². The van der Waals surface area contributed by atoms with Gasteiger partial charge in [-0.05, 0) is 22.0 Å². The monoisotopic (exact) mass is 175 g/mol. The number of hydrogen-bond donors (Lipinski definition) is 2. The maximum atomic E-state index is 8.50. The van der Waals surface area contributed by atoms with Crippen molar-refractivity contribution >= 4 is 15.9 Å². The van der Waals surface area contributed by atoms with E-state index in [-0.39, 0.29) is 6.61 Å². The SMILES string of the molecule is OCc1cc(Br)c[nH]1. The largest absolute Gasteiger partial charge is 0.390 e. The summed E-state index contributed by atoms with van der Waals surface area (Å²) in [5.74, 6) is 0. The summed E-state index contributed by atoms with van der Waals surface area (Å²) < 4.78 is 0.974. The van der Waals surface area contributed by atoms with Gasteiger partial charge in [0.15, 0.2) is 0 Å². The molecule has 2 nitrogen and oxygen atoms in total. The fourth-order valence-electron chi connectivity index (χ4n) is 0.503. The van der Waals surface area contributed by atoms with Crippen LogP contribution in [0.2, 0.25) is 0 Å². The van der Waals surface area contributed by atoms with Crippen LogP contribution >= 0.6 is 15.9 Å². The molecule has 3 heteroatoms. The van der Waals surface area contributed by atoms with Crippen LogP contribution in [0.15, 0.2) is 16.7 Å². The molecule has 0 aliphatic rings. The second kappa shape index (κ2) is 2.33. The number of aromatic nitrogens is 1. The van der Waals surface area contributed by atoms with Crippen LogP contribution in [0.4, 0.5) is 0 Å². The van der Waals surface area contributed by atoms with Crippen molar-refractivity contribution in [1.82, 2.24) is 4.98 Å². The zero-order valence-electron chi connectivity index (χ0n) is 4.19. The Bertz CT molecular complexity index is 173. The highest BCUT2D eigenvalue weighted by Crippen LogP contribution is 2.09. The smallest absolute Gasteiger partial charge is 0.0831 e. The van der Waals surface area contributed by atoms with Crippen molar-refractivity contribution in [2.45, 2.75) is 6.61 Å². The van der Waals surface area contributed by atoms with Gasteiger partial charge in [0.05, 0.1) is 6.61 Å². The minimum atomic E-state index is 0.0750. The second-order valence-electron chi connectivity index (χ2n) is 1.50. The molecule has 0 unspecified atom stereocenters. The van der Waals surface area contributed by atoms with E-state index in [9.17, 15) is 0 Å². The predicted molar refractivity (Wildman–Crippen MR) is 34.4 cm³/mol. The minimum absolute atomic E-state index is 0.0750. The van der Waals surface area contributed by atoms with E-state index in [2.05, 4.69) is 20.9 Å². The number of aliphatic hydroxyl groups is 1. The van der Waals surface area contributed by atoms with Crippen LogP contribution in [0.1, 0.15) is 5.69 Å². The lowest BCUT2D eigenvalue weighted by atomic mass is 10.5. The predicted octanol–water partition coefficient (Wildman–Crippen LogP) is 1.27. The Morgan fingerprint density at radius 3 is 2.75 bits per heavy atom. The Kier molecular flexibility index (Phi) is 1.70. The summed E-state index contributed by atoms with van der Waals surface area (Å²) >= 11 is 3.23. The topological polar surface area (TPSA) is 36.0 Å². The lowest BCUT2D eigenvalue weighted by Crippen LogP contribution is -1.77. The van der Waals surface area contributed by atoms with E-state index >= 15 is 0 Å². The maximum Gasteiger partial charge on any atom is 0.0831 e. The average molecular weight is 176 g/mol. The van der Waals surface area contributed by atoms with E-state index in [4.69, 9.17) is 5.11 Å². The molecule has 0 bridgehead atoms. The molecule has 0 aromatic carbocycles. The molecule has 0 saturated carbocycles. The highest BCUT2D eigenvalue weighted by Gasteiger charge is 1.90. The first-order valence-electron chi connectivity index (χ1n) is 2.26. The number of H-pyrrole nitrogens is 1. The van der Waals surface area contributed by atoms with Crippen molar-refractivity contribution in [3.8, 4) is 0 Å². The van der Waals surface area contributed by atoms with Crippen LogP contribution in [-0.4, -0.2) is 10.1 Å². The normalized spacial score (nSPS) is 9.75. The van der Waals surface area contributed by atoms with Gasteiger partial charge in [0, 0.05) is 16.4 Å². The molecule has 2 N–H and O–H groups in total. The Hall–Kier alpha value is -0.280. The second-order valence-corrected chi connectivity index (χ2v) is 2.42. The number of hydrogen-bond acceptors (Lipinski definition) is 1. The summed E-state index contributed by atoms with van der Waals surface area (Å²) in [6.45, 7) is 0.0750. The van der Waals surface area contributed by atoms with Crippen LogP contribution in [0.3, 0.4) is 0 Å². The third-order valence-electron chi connectivity index (χ3n) is 0.878. The summed E-state index contributed by atoms with van der Waals surface area (Å²) in [6.07, 6.45) is 1.78. The van der Waals surface area contributed by atoms with Crippen LogP contribution in [0, 0.1) is 0 Å². The van der Waals surface area contributed by atoms with Crippen molar-refractivity contribution in [1.29, 1.82) is 0 Å². The first kappa shape index (κ1) is 5.85. The van der Waals surface area contributed by atoms with Gasteiger partial charge in [0.25, 0.3) is 0 Å². The highest BCUT2D eigenvalue weighted by atomic mass is 79.9. The van der Waals surface area contributed by atoms with E-state index in [0.717, 1.165) is 10.2 Å². The number of aromatic amines is 1. The van der Waals surface area contributed by atoms with Crippen LogP contribution < -0.4 is 0 Å². The lowest BCUT2D eigenvalue weighted by molar-refractivity contribution is 0.277. The molecule has 1 rings (SSSR count). The first-order chi connectivity index (χ1) is 3.83. The standard InChI is InChI=1S/C5H6BrNO/c6-4-1-5(3-8)7-2-4/h1-2,7-8H,3H2. The molecule has 0 aliphatic carbocycles. The Morgan fingerprint density at radius 2 is 2.50 bits per heavy atom. The van der Waals surface area contributed by atoms with Crippen molar-refractivity contribution in [2.75, 3.05) is 0 Å². The quantitative estimate of drug-likeness (QED) is 0.663. The Balaban J connectivity index is 2.84. The first-order valence-corrected chi connectivity index (χ1v) is 3.06. The molecule has 0 spiro atoms. The van der Waals surface area contributed by atoms with Crippen molar-refractivity contribution in [2.24, 2.45) is 0 Å². The van der Waals surface area contributed by atoms with Gasteiger partial charge in [0.2, 0.25) is 0 Å². The molecule has 0 amide bonds. The van der Waals surface area contributed by atoms with Gasteiger partial charge >= 0.3 is 0 Å². The van der Waals surface area contributed by atoms with Crippen LogP contribution in [0.5, 0.6) is 0 Å². The average Bonchev–Trinajstić information content (AvgIpc) is 2.14. The lowest BCUT2D eigenvalue weighted by Gasteiger charge is -1.81. The van der Waals surface area contributed by atoms with E-state index in [1.807, 2.05) is 6.07 Å². The molecular weight excluding hydrogens is 170 g/mol. The van der Waals surface area contributed by atoms with Gasteiger partial charge in [-0.2, -0.15) is 0 Å². The third-order valence-corrected chi connectivity index (χ3v) is 1.34. The molecule has 0 fully saturated rings.